The monoisotopic (exact) mass is 284 g/mol. The van der Waals surface area contributed by atoms with Crippen molar-refractivity contribution in [1.29, 1.82) is 0 Å². The zero-order valence-electron chi connectivity index (χ0n) is 8.75. The fourth-order valence-corrected chi connectivity index (χ4v) is 1.90. The second-order valence-electron chi connectivity index (χ2n) is 3.64. The first-order chi connectivity index (χ1) is 7.75. The van der Waals surface area contributed by atoms with Gasteiger partial charge in [0.05, 0.1) is 5.56 Å². The summed E-state index contributed by atoms with van der Waals surface area (Å²) < 4.78 is 5.58. The third-order valence-electron chi connectivity index (χ3n) is 2.46. The highest BCUT2D eigenvalue weighted by Gasteiger charge is 2.10. The van der Waals surface area contributed by atoms with Gasteiger partial charge in [-0.2, -0.15) is 0 Å². The summed E-state index contributed by atoms with van der Waals surface area (Å²) in [5, 5.41) is 6.09. The second kappa shape index (κ2) is 5.32. The van der Waals surface area contributed by atoms with Crippen molar-refractivity contribution in [2.45, 2.75) is 6.42 Å². The van der Waals surface area contributed by atoms with Gasteiger partial charge in [0.1, 0.15) is 6.26 Å². The maximum atomic E-state index is 11.7. The SMILES string of the molecule is O=C(NCC1=CCNCC1)c1coc(Br)c1. The van der Waals surface area contributed by atoms with Gasteiger partial charge in [0.2, 0.25) is 0 Å². The van der Waals surface area contributed by atoms with Crippen LogP contribution in [-0.4, -0.2) is 25.5 Å². The van der Waals surface area contributed by atoms with E-state index in [0.717, 1.165) is 19.5 Å². The molecule has 0 radical (unpaired) electrons. The van der Waals surface area contributed by atoms with E-state index in [1.165, 1.54) is 11.8 Å². The lowest BCUT2D eigenvalue weighted by molar-refractivity contribution is 0.0956. The molecule has 0 fully saturated rings. The van der Waals surface area contributed by atoms with Gasteiger partial charge in [-0.3, -0.25) is 4.79 Å². The van der Waals surface area contributed by atoms with Crippen LogP contribution in [0.5, 0.6) is 0 Å². The zero-order chi connectivity index (χ0) is 11.4. The van der Waals surface area contributed by atoms with E-state index in [1.54, 1.807) is 6.07 Å². The van der Waals surface area contributed by atoms with Crippen molar-refractivity contribution in [3.63, 3.8) is 0 Å². The van der Waals surface area contributed by atoms with Crippen molar-refractivity contribution in [2.75, 3.05) is 19.6 Å². The van der Waals surface area contributed by atoms with Crippen LogP contribution in [0.25, 0.3) is 0 Å². The van der Waals surface area contributed by atoms with Crippen LogP contribution < -0.4 is 10.6 Å². The maximum absolute atomic E-state index is 11.7. The van der Waals surface area contributed by atoms with Crippen molar-refractivity contribution < 1.29 is 9.21 Å². The molecular formula is C11H13BrN2O2. The molecule has 0 saturated carbocycles. The first kappa shape index (κ1) is 11.4. The van der Waals surface area contributed by atoms with Gasteiger partial charge in [-0.1, -0.05) is 11.6 Å². The van der Waals surface area contributed by atoms with Gasteiger partial charge in [-0.25, -0.2) is 0 Å². The molecule has 4 nitrogen and oxygen atoms in total. The van der Waals surface area contributed by atoms with Crippen LogP contribution in [0.15, 0.2) is 33.1 Å². The molecule has 1 aromatic rings. The van der Waals surface area contributed by atoms with Crippen LogP contribution in [0.1, 0.15) is 16.8 Å². The average Bonchev–Trinajstić information content (AvgIpc) is 2.74. The highest BCUT2D eigenvalue weighted by Crippen LogP contribution is 2.13. The lowest BCUT2D eigenvalue weighted by atomic mass is 10.1. The van der Waals surface area contributed by atoms with Gasteiger partial charge in [-0.05, 0) is 28.9 Å². The molecule has 2 N–H and O–H groups in total. The largest absolute Gasteiger partial charge is 0.457 e. The number of rotatable bonds is 3. The Labute approximate surface area is 102 Å². The number of halogens is 1. The molecule has 2 rings (SSSR count). The summed E-state index contributed by atoms with van der Waals surface area (Å²) >= 11 is 3.16. The van der Waals surface area contributed by atoms with Gasteiger partial charge >= 0.3 is 0 Å². The normalized spacial score (nSPS) is 15.7. The van der Waals surface area contributed by atoms with E-state index in [-0.39, 0.29) is 5.91 Å². The summed E-state index contributed by atoms with van der Waals surface area (Å²) in [7, 11) is 0. The number of furan rings is 1. The van der Waals surface area contributed by atoms with E-state index in [9.17, 15) is 4.79 Å². The molecule has 16 heavy (non-hydrogen) atoms. The Morgan fingerprint density at radius 2 is 2.50 bits per heavy atom. The predicted molar refractivity (Wildman–Crippen MR) is 64.3 cm³/mol. The minimum absolute atomic E-state index is 0.103. The molecule has 1 amide bonds. The molecule has 1 aliphatic heterocycles. The summed E-state index contributed by atoms with van der Waals surface area (Å²) in [6, 6.07) is 1.66. The summed E-state index contributed by atoms with van der Waals surface area (Å²) in [5.74, 6) is -0.103. The Kier molecular flexibility index (Phi) is 3.79. The Balaban J connectivity index is 1.86. The fourth-order valence-electron chi connectivity index (χ4n) is 1.56. The van der Waals surface area contributed by atoms with Gasteiger partial charge in [0.25, 0.3) is 5.91 Å². The molecule has 86 valence electrons. The van der Waals surface area contributed by atoms with E-state index >= 15 is 0 Å². The van der Waals surface area contributed by atoms with Crippen molar-refractivity contribution >= 4 is 21.8 Å². The summed E-state index contributed by atoms with van der Waals surface area (Å²) in [6.45, 7) is 2.49. The molecule has 0 saturated heterocycles. The van der Waals surface area contributed by atoms with E-state index in [0.29, 0.717) is 16.8 Å². The minimum Gasteiger partial charge on any atom is -0.457 e. The van der Waals surface area contributed by atoms with Crippen LogP contribution in [0, 0.1) is 0 Å². The summed E-state index contributed by atoms with van der Waals surface area (Å²) in [6.07, 6.45) is 4.56. The van der Waals surface area contributed by atoms with E-state index < -0.39 is 0 Å². The van der Waals surface area contributed by atoms with E-state index in [2.05, 4.69) is 32.6 Å². The quantitative estimate of drug-likeness (QED) is 0.831. The maximum Gasteiger partial charge on any atom is 0.254 e. The van der Waals surface area contributed by atoms with Crippen LogP contribution >= 0.6 is 15.9 Å². The van der Waals surface area contributed by atoms with Gasteiger partial charge in [0, 0.05) is 19.2 Å². The molecule has 0 atom stereocenters. The fraction of sp³-hybridized carbons (Fsp3) is 0.364. The first-order valence-electron chi connectivity index (χ1n) is 5.16. The lowest BCUT2D eigenvalue weighted by Gasteiger charge is -2.14. The highest BCUT2D eigenvalue weighted by molar-refractivity contribution is 9.10. The van der Waals surface area contributed by atoms with Crippen molar-refractivity contribution in [3.05, 3.63) is 34.2 Å². The van der Waals surface area contributed by atoms with Crippen LogP contribution in [0.2, 0.25) is 0 Å². The number of hydrogen-bond donors (Lipinski definition) is 2. The number of carbonyl (C=O) groups is 1. The van der Waals surface area contributed by atoms with Crippen LogP contribution in [-0.2, 0) is 0 Å². The molecule has 0 spiro atoms. The summed E-state index contributed by atoms with van der Waals surface area (Å²) in [4.78, 5) is 11.7. The van der Waals surface area contributed by atoms with E-state index in [1.807, 2.05) is 0 Å². The standard InChI is InChI=1S/C11H13BrN2O2/c12-10-5-9(7-16-10)11(15)14-6-8-1-3-13-4-2-8/h1,5,7,13H,2-4,6H2,(H,14,15). The van der Waals surface area contributed by atoms with Crippen molar-refractivity contribution in [2.24, 2.45) is 0 Å². The lowest BCUT2D eigenvalue weighted by Crippen LogP contribution is -2.29. The van der Waals surface area contributed by atoms with Crippen molar-refractivity contribution in [1.82, 2.24) is 10.6 Å². The minimum atomic E-state index is -0.103. The molecule has 0 bridgehead atoms. The Morgan fingerprint density at radius 3 is 3.12 bits per heavy atom. The topological polar surface area (TPSA) is 54.3 Å². The molecule has 2 heterocycles. The van der Waals surface area contributed by atoms with Gasteiger partial charge < -0.3 is 15.1 Å². The predicted octanol–water partition coefficient (Wildman–Crippen LogP) is 1.69. The second-order valence-corrected chi connectivity index (χ2v) is 4.42. The first-order valence-corrected chi connectivity index (χ1v) is 5.96. The molecule has 0 aliphatic carbocycles. The molecule has 5 heteroatoms. The van der Waals surface area contributed by atoms with Gasteiger partial charge in [-0.15, -0.1) is 0 Å². The number of amides is 1. The summed E-state index contributed by atoms with van der Waals surface area (Å²) in [5.41, 5.74) is 1.82. The molecule has 0 aromatic carbocycles. The number of hydrogen-bond acceptors (Lipinski definition) is 3. The third kappa shape index (κ3) is 2.96. The Hall–Kier alpha value is -1.07. The van der Waals surface area contributed by atoms with Gasteiger partial charge in [0.15, 0.2) is 4.67 Å². The van der Waals surface area contributed by atoms with E-state index in [4.69, 9.17) is 4.42 Å². The zero-order valence-corrected chi connectivity index (χ0v) is 10.3. The van der Waals surface area contributed by atoms with Crippen molar-refractivity contribution in [3.8, 4) is 0 Å². The molecule has 0 unspecified atom stereocenters. The Morgan fingerprint density at radius 1 is 1.62 bits per heavy atom. The Bertz CT molecular complexity index is 412. The molecule has 1 aromatic heterocycles. The number of nitrogens with one attached hydrogen (secondary N) is 2. The van der Waals surface area contributed by atoms with Crippen LogP contribution in [0.3, 0.4) is 0 Å². The van der Waals surface area contributed by atoms with Crippen LogP contribution in [0.4, 0.5) is 0 Å². The molecular weight excluding hydrogens is 272 g/mol. The highest BCUT2D eigenvalue weighted by atomic mass is 79.9. The average molecular weight is 285 g/mol. The third-order valence-corrected chi connectivity index (χ3v) is 2.88. The number of carbonyl (C=O) groups excluding carboxylic acids is 1. The smallest absolute Gasteiger partial charge is 0.254 e. The molecule has 1 aliphatic rings.